The van der Waals surface area contributed by atoms with Gasteiger partial charge in [-0.25, -0.2) is 19.1 Å². The maximum atomic E-state index is 13.2. The molecule has 0 atom stereocenters. The van der Waals surface area contributed by atoms with Gasteiger partial charge in [-0.15, -0.1) is 0 Å². The van der Waals surface area contributed by atoms with Gasteiger partial charge in [0.1, 0.15) is 11.1 Å². The van der Waals surface area contributed by atoms with Crippen molar-refractivity contribution in [3.05, 3.63) is 115 Å². The van der Waals surface area contributed by atoms with Crippen molar-refractivity contribution in [3.8, 4) is 11.6 Å². The number of anilines is 1. The van der Waals surface area contributed by atoms with E-state index in [1.165, 1.54) is 12.2 Å². The van der Waals surface area contributed by atoms with Crippen LogP contribution in [-0.2, 0) is 9.59 Å². The quantitative estimate of drug-likeness (QED) is 0.339. The lowest BCUT2D eigenvalue weighted by Crippen LogP contribution is -2.54. The summed E-state index contributed by atoms with van der Waals surface area (Å²) in [6.07, 6.45) is 4.14. The summed E-state index contributed by atoms with van der Waals surface area (Å²) in [4.78, 5) is 66.3. The van der Waals surface area contributed by atoms with Gasteiger partial charge in [-0.1, -0.05) is 48.0 Å². The number of nitrogens with one attached hydrogen (secondary N) is 2. The van der Waals surface area contributed by atoms with Crippen LogP contribution >= 0.6 is 11.6 Å². The Kier molecular flexibility index (Phi) is 6.86. The average molecular weight is 545 g/mol. The lowest BCUT2D eigenvalue weighted by Gasteiger charge is -2.27. The van der Waals surface area contributed by atoms with Crippen molar-refractivity contribution in [2.45, 2.75) is 19.3 Å². The summed E-state index contributed by atoms with van der Waals surface area (Å²) < 4.78 is 0.970. The molecule has 0 radical (unpaired) electrons. The number of carbonyl (C=O) groups is 3. The number of carbonyl (C=O) groups excluding carboxylic acids is 3. The molecule has 5 rings (SSSR count). The van der Waals surface area contributed by atoms with Crippen molar-refractivity contribution >= 4 is 41.2 Å². The van der Waals surface area contributed by atoms with Crippen molar-refractivity contribution < 1.29 is 19.5 Å². The first kappa shape index (κ1) is 25.7. The van der Waals surface area contributed by atoms with Crippen LogP contribution < -0.4 is 21.5 Å². The number of hydrogen-bond donors (Lipinski definition) is 3. The number of benzene rings is 2. The summed E-state index contributed by atoms with van der Waals surface area (Å²) in [6.45, 7) is 0. The highest BCUT2D eigenvalue weighted by Crippen LogP contribution is 2.36. The van der Waals surface area contributed by atoms with Crippen molar-refractivity contribution in [1.82, 2.24) is 14.9 Å². The molecule has 1 aliphatic heterocycles. The number of urea groups is 1. The molecule has 0 saturated carbocycles. The van der Waals surface area contributed by atoms with E-state index in [2.05, 4.69) is 10.3 Å². The molecule has 1 aliphatic carbocycles. The van der Waals surface area contributed by atoms with E-state index >= 15 is 0 Å². The van der Waals surface area contributed by atoms with Crippen LogP contribution in [0.3, 0.4) is 0 Å². The van der Waals surface area contributed by atoms with Gasteiger partial charge < -0.3 is 5.11 Å². The number of halogens is 1. The zero-order valence-electron chi connectivity index (χ0n) is 20.3. The van der Waals surface area contributed by atoms with Gasteiger partial charge in [0, 0.05) is 5.03 Å². The van der Waals surface area contributed by atoms with Crippen LogP contribution in [0.4, 0.5) is 10.5 Å². The van der Waals surface area contributed by atoms with Crippen molar-refractivity contribution in [1.29, 1.82) is 0 Å². The van der Waals surface area contributed by atoms with E-state index in [0.717, 1.165) is 9.47 Å². The number of imide groups is 2. The maximum absolute atomic E-state index is 13.2. The minimum atomic E-state index is -0.860. The molecule has 0 unspecified atom stereocenters. The number of barbiturate groups is 1. The zero-order chi connectivity index (χ0) is 27.7. The van der Waals surface area contributed by atoms with Crippen LogP contribution in [-0.4, -0.2) is 32.5 Å². The lowest BCUT2D eigenvalue weighted by atomic mass is 9.92. The van der Waals surface area contributed by atoms with Crippen molar-refractivity contribution in [2.75, 3.05) is 4.90 Å². The number of allylic oxidation sites excluding steroid dienone is 4. The predicted molar refractivity (Wildman–Crippen MR) is 145 cm³/mol. The third-order valence-electron chi connectivity index (χ3n) is 6.34. The normalized spacial score (nSPS) is 18.2. The molecule has 196 valence electrons. The number of H-pyrrole nitrogens is 1. The molecule has 39 heavy (non-hydrogen) atoms. The number of para-hydroxylation sites is 2. The molecule has 1 saturated heterocycles. The van der Waals surface area contributed by atoms with Gasteiger partial charge in [-0.3, -0.25) is 24.7 Å². The molecular formula is C28H21ClN4O6. The molecule has 1 aromatic heterocycles. The molecule has 3 N–H and O–H groups in total. The summed E-state index contributed by atoms with van der Waals surface area (Å²) in [5.74, 6) is -2.21. The monoisotopic (exact) mass is 544 g/mol. The largest absolute Gasteiger partial charge is 0.494 e. The van der Waals surface area contributed by atoms with Gasteiger partial charge in [0.2, 0.25) is 5.88 Å². The first-order valence-corrected chi connectivity index (χ1v) is 12.3. The molecule has 2 aliphatic rings. The standard InChI is InChI=1S/C28H21ClN4O6/c29-22-16(14-20-23(34)30-27(38)32(25(20)36)18-10-3-1-4-11-18)8-7-9-17(22)15-21-24(35)31-28(39)33(26(21)37)19-12-5-2-6-13-19/h1-6,10-15,36H,7-9H2,(H,30,34,38)(H,31,35,39). The number of hydrogen-bond acceptors (Lipinski definition) is 6. The van der Waals surface area contributed by atoms with E-state index in [9.17, 15) is 29.1 Å². The van der Waals surface area contributed by atoms with E-state index in [1.807, 2.05) is 0 Å². The van der Waals surface area contributed by atoms with Gasteiger partial charge in [-0.2, -0.15) is 0 Å². The lowest BCUT2D eigenvalue weighted by molar-refractivity contribution is -0.122. The molecule has 4 amide bonds. The number of rotatable bonds is 4. The zero-order valence-corrected chi connectivity index (χ0v) is 21.1. The second-order valence-electron chi connectivity index (χ2n) is 8.82. The Morgan fingerprint density at radius 2 is 1.49 bits per heavy atom. The molecule has 11 heteroatoms. The Balaban J connectivity index is 1.56. The smallest absolute Gasteiger partial charge is 0.335 e. The van der Waals surface area contributed by atoms with Gasteiger partial charge in [0.05, 0.1) is 11.4 Å². The number of aromatic amines is 1. The van der Waals surface area contributed by atoms with E-state index < -0.39 is 35.0 Å². The number of aromatic nitrogens is 2. The molecular weight excluding hydrogens is 524 g/mol. The van der Waals surface area contributed by atoms with Gasteiger partial charge in [-0.05, 0) is 66.8 Å². The molecule has 0 bridgehead atoms. The van der Waals surface area contributed by atoms with Crippen LogP contribution in [0.1, 0.15) is 24.8 Å². The minimum Gasteiger partial charge on any atom is -0.494 e. The first-order valence-electron chi connectivity index (χ1n) is 12.0. The number of amides is 4. The predicted octanol–water partition coefficient (Wildman–Crippen LogP) is 3.50. The Bertz CT molecular complexity index is 1720. The number of nitrogens with zero attached hydrogens (tertiary/aromatic N) is 2. The fourth-order valence-corrected chi connectivity index (χ4v) is 4.77. The fourth-order valence-electron chi connectivity index (χ4n) is 4.47. The van der Waals surface area contributed by atoms with Crippen molar-refractivity contribution in [3.63, 3.8) is 0 Å². The summed E-state index contributed by atoms with van der Waals surface area (Å²) in [5, 5.41) is 13.2. The summed E-state index contributed by atoms with van der Waals surface area (Å²) in [6, 6.07) is 15.6. The summed E-state index contributed by atoms with van der Waals surface area (Å²) in [5.41, 5.74) is -0.487. The van der Waals surface area contributed by atoms with Crippen LogP contribution in [0, 0.1) is 0 Å². The highest BCUT2D eigenvalue weighted by Gasteiger charge is 2.37. The van der Waals surface area contributed by atoms with Gasteiger partial charge in [0.15, 0.2) is 0 Å². The summed E-state index contributed by atoms with van der Waals surface area (Å²) >= 11 is 6.67. The third-order valence-corrected chi connectivity index (χ3v) is 6.83. The SMILES string of the molecule is O=C1NC(=O)N(c2ccccc2)C(=O)C1=CC1=C(Cl)C(=Cc2c(O)n(-c3ccccc3)c(=O)[nH]c2=O)CCC1. The number of aromatic hydroxyl groups is 1. The van der Waals surface area contributed by atoms with Crippen LogP contribution in [0.25, 0.3) is 11.8 Å². The highest BCUT2D eigenvalue weighted by atomic mass is 35.5. The topological polar surface area (TPSA) is 142 Å². The van der Waals surface area contributed by atoms with E-state index in [-0.39, 0.29) is 16.2 Å². The molecule has 10 nitrogen and oxygen atoms in total. The van der Waals surface area contributed by atoms with Crippen molar-refractivity contribution in [2.24, 2.45) is 0 Å². The molecule has 2 heterocycles. The van der Waals surface area contributed by atoms with Crippen LogP contribution in [0.5, 0.6) is 5.88 Å². The van der Waals surface area contributed by atoms with Crippen LogP contribution in [0.15, 0.2) is 98.1 Å². The third kappa shape index (κ3) is 4.85. The van der Waals surface area contributed by atoms with Crippen LogP contribution in [0.2, 0.25) is 0 Å². The van der Waals surface area contributed by atoms with E-state index in [1.54, 1.807) is 60.7 Å². The highest BCUT2D eigenvalue weighted by molar-refractivity contribution is 6.38. The second-order valence-corrected chi connectivity index (χ2v) is 9.20. The van der Waals surface area contributed by atoms with Gasteiger partial charge in [0.25, 0.3) is 17.4 Å². The summed E-state index contributed by atoms with van der Waals surface area (Å²) in [7, 11) is 0. The Morgan fingerprint density at radius 1 is 0.846 bits per heavy atom. The Labute approximate surface area is 226 Å². The van der Waals surface area contributed by atoms with E-state index in [4.69, 9.17) is 11.6 Å². The average Bonchev–Trinajstić information content (AvgIpc) is 2.91. The fraction of sp³-hybridized carbons (Fsp3) is 0.107. The molecule has 2 aromatic carbocycles. The Hall–Kier alpha value is -4.96. The second kappa shape index (κ2) is 10.4. The molecule has 1 fully saturated rings. The molecule has 0 spiro atoms. The molecule has 3 aromatic rings. The Morgan fingerprint density at radius 3 is 2.15 bits per heavy atom. The van der Waals surface area contributed by atoms with Gasteiger partial charge >= 0.3 is 11.7 Å². The minimum absolute atomic E-state index is 0.173. The maximum Gasteiger partial charge on any atom is 0.335 e. The van der Waals surface area contributed by atoms with E-state index in [0.29, 0.717) is 41.8 Å². The first-order chi connectivity index (χ1) is 18.8.